The summed E-state index contributed by atoms with van der Waals surface area (Å²) in [5.74, 6) is 0.865. The lowest BCUT2D eigenvalue weighted by Crippen LogP contribution is -2.11. The second-order valence-electron chi connectivity index (χ2n) is 3.46. The summed E-state index contributed by atoms with van der Waals surface area (Å²) in [7, 11) is -3.31. The lowest BCUT2D eigenvalue weighted by atomic mass is 10.3. The topological polar surface area (TPSA) is 59.9 Å². The van der Waals surface area contributed by atoms with Crippen molar-refractivity contribution in [1.29, 1.82) is 0 Å². The third-order valence-corrected chi connectivity index (χ3v) is 4.03. The highest BCUT2D eigenvalue weighted by Gasteiger charge is 2.17. The Balaban J connectivity index is 3.07. The summed E-state index contributed by atoms with van der Waals surface area (Å²) in [5.41, 5.74) is 0.747. The quantitative estimate of drug-likeness (QED) is 0.599. The van der Waals surface area contributed by atoms with Gasteiger partial charge in [-0.05, 0) is 25.8 Å². The van der Waals surface area contributed by atoms with E-state index >= 15 is 0 Å². The van der Waals surface area contributed by atoms with E-state index in [0.717, 1.165) is 5.69 Å². The SMILES string of the molecule is CCc1cc(S(=O)(=O)CCCCl)nc(C)n1. The monoisotopic (exact) mass is 262 g/mol. The zero-order valence-electron chi connectivity index (χ0n) is 9.40. The summed E-state index contributed by atoms with van der Waals surface area (Å²) < 4.78 is 23.7. The summed E-state index contributed by atoms with van der Waals surface area (Å²) in [4.78, 5) is 8.11. The molecule has 0 aliphatic carbocycles. The van der Waals surface area contributed by atoms with Crippen LogP contribution in [0.5, 0.6) is 0 Å². The van der Waals surface area contributed by atoms with Crippen molar-refractivity contribution in [2.24, 2.45) is 0 Å². The van der Waals surface area contributed by atoms with E-state index in [1.807, 2.05) is 6.92 Å². The molecule has 0 aliphatic rings. The molecular weight excluding hydrogens is 248 g/mol. The van der Waals surface area contributed by atoms with E-state index < -0.39 is 9.84 Å². The average molecular weight is 263 g/mol. The third-order valence-electron chi connectivity index (χ3n) is 2.10. The van der Waals surface area contributed by atoms with Gasteiger partial charge in [-0.2, -0.15) is 0 Å². The summed E-state index contributed by atoms with van der Waals surface area (Å²) in [6.07, 6.45) is 1.13. The summed E-state index contributed by atoms with van der Waals surface area (Å²) in [6.45, 7) is 3.62. The first-order chi connectivity index (χ1) is 7.49. The fraction of sp³-hybridized carbons (Fsp3) is 0.600. The molecule has 0 aromatic carbocycles. The highest BCUT2D eigenvalue weighted by molar-refractivity contribution is 7.91. The minimum atomic E-state index is -3.31. The van der Waals surface area contributed by atoms with Gasteiger partial charge in [0.05, 0.1) is 5.75 Å². The van der Waals surface area contributed by atoms with Crippen molar-refractivity contribution in [2.45, 2.75) is 31.7 Å². The van der Waals surface area contributed by atoms with Crippen molar-refractivity contribution >= 4 is 21.4 Å². The van der Waals surface area contributed by atoms with Crippen LogP contribution in [0.25, 0.3) is 0 Å². The Hall–Kier alpha value is -0.680. The van der Waals surface area contributed by atoms with Gasteiger partial charge < -0.3 is 0 Å². The molecule has 1 aromatic rings. The van der Waals surface area contributed by atoms with Crippen molar-refractivity contribution in [2.75, 3.05) is 11.6 Å². The van der Waals surface area contributed by atoms with E-state index in [4.69, 9.17) is 11.6 Å². The van der Waals surface area contributed by atoms with Crippen LogP contribution >= 0.6 is 11.6 Å². The van der Waals surface area contributed by atoms with Gasteiger partial charge in [0.1, 0.15) is 5.82 Å². The maximum atomic E-state index is 11.9. The number of aryl methyl sites for hydroxylation is 2. The maximum Gasteiger partial charge on any atom is 0.195 e. The zero-order chi connectivity index (χ0) is 12.2. The highest BCUT2D eigenvalue weighted by atomic mass is 35.5. The van der Waals surface area contributed by atoms with Crippen LogP contribution in [-0.2, 0) is 16.3 Å². The molecule has 0 bridgehead atoms. The molecule has 0 saturated carbocycles. The molecule has 1 heterocycles. The van der Waals surface area contributed by atoms with Gasteiger partial charge in [-0.15, -0.1) is 11.6 Å². The Kier molecular flexibility index (Phi) is 4.68. The maximum absolute atomic E-state index is 11.9. The van der Waals surface area contributed by atoms with E-state index in [2.05, 4.69) is 9.97 Å². The standard InChI is InChI=1S/C10H15ClN2O2S/c1-3-9-7-10(13-8(2)12-9)16(14,15)6-4-5-11/h7H,3-6H2,1-2H3. The minimum absolute atomic E-state index is 0.0378. The van der Waals surface area contributed by atoms with Crippen molar-refractivity contribution in [3.63, 3.8) is 0 Å². The second-order valence-corrected chi connectivity index (χ2v) is 5.89. The van der Waals surface area contributed by atoms with E-state index in [0.29, 0.717) is 24.5 Å². The molecule has 0 radical (unpaired) electrons. The van der Waals surface area contributed by atoms with E-state index in [9.17, 15) is 8.42 Å². The molecule has 0 N–H and O–H groups in total. The number of hydrogen-bond acceptors (Lipinski definition) is 4. The largest absolute Gasteiger partial charge is 0.238 e. The van der Waals surface area contributed by atoms with Crippen molar-refractivity contribution < 1.29 is 8.42 Å². The Labute approximate surface area is 101 Å². The van der Waals surface area contributed by atoms with Crippen LogP contribution in [-0.4, -0.2) is 30.0 Å². The summed E-state index contributed by atoms with van der Waals surface area (Å²) in [6, 6.07) is 1.54. The van der Waals surface area contributed by atoms with Crippen LogP contribution in [0.15, 0.2) is 11.1 Å². The second kappa shape index (κ2) is 5.59. The smallest absolute Gasteiger partial charge is 0.195 e. The number of aromatic nitrogens is 2. The number of halogens is 1. The van der Waals surface area contributed by atoms with Crippen LogP contribution in [0.2, 0.25) is 0 Å². The third kappa shape index (κ3) is 3.42. The molecule has 0 amide bonds. The molecule has 6 heteroatoms. The zero-order valence-corrected chi connectivity index (χ0v) is 11.0. The lowest BCUT2D eigenvalue weighted by Gasteiger charge is -2.05. The predicted molar refractivity (Wildman–Crippen MR) is 63.5 cm³/mol. The molecule has 16 heavy (non-hydrogen) atoms. The Bertz CT molecular complexity index is 460. The Morgan fingerprint density at radius 1 is 1.38 bits per heavy atom. The van der Waals surface area contributed by atoms with Crippen LogP contribution in [0.3, 0.4) is 0 Å². The van der Waals surface area contributed by atoms with E-state index in [-0.39, 0.29) is 10.8 Å². The van der Waals surface area contributed by atoms with Gasteiger partial charge in [0.2, 0.25) is 0 Å². The first-order valence-electron chi connectivity index (χ1n) is 5.13. The van der Waals surface area contributed by atoms with Gasteiger partial charge in [0.25, 0.3) is 0 Å². The molecule has 1 rings (SSSR count). The fourth-order valence-electron chi connectivity index (χ4n) is 1.29. The van der Waals surface area contributed by atoms with Crippen LogP contribution < -0.4 is 0 Å². The Morgan fingerprint density at radius 2 is 2.06 bits per heavy atom. The van der Waals surface area contributed by atoms with Gasteiger partial charge >= 0.3 is 0 Å². The summed E-state index contributed by atoms with van der Waals surface area (Å²) >= 11 is 5.49. The van der Waals surface area contributed by atoms with Crippen molar-refractivity contribution in [3.8, 4) is 0 Å². The van der Waals surface area contributed by atoms with Crippen molar-refractivity contribution in [3.05, 3.63) is 17.6 Å². The lowest BCUT2D eigenvalue weighted by molar-refractivity contribution is 0.589. The first kappa shape index (κ1) is 13.4. The first-order valence-corrected chi connectivity index (χ1v) is 7.31. The molecule has 0 unspecified atom stereocenters. The van der Waals surface area contributed by atoms with Gasteiger partial charge in [-0.3, -0.25) is 0 Å². The minimum Gasteiger partial charge on any atom is -0.238 e. The van der Waals surface area contributed by atoms with Gasteiger partial charge in [0, 0.05) is 11.6 Å². The average Bonchev–Trinajstić information content (AvgIpc) is 2.25. The van der Waals surface area contributed by atoms with E-state index in [1.54, 1.807) is 6.92 Å². The van der Waals surface area contributed by atoms with Crippen LogP contribution in [0, 0.1) is 6.92 Å². The molecule has 0 fully saturated rings. The highest BCUT2D eigenvalue weighted by Crippen LogP contribution is 2.11. The predicted octanol–water partition coefficient (Wildman–Crippen LogP) is 1.75. The van der Waals surface area contributed by atoms with E-state index in [1.165, 1.54) is 6.07 Å². The van der Waals surface area contributed by atoms with Gasteiger partial charge in [-0.1, -0.05) is 6.92 Å². The molecule has 0 spiro atoms. The van der Waals surface area contributed by atoms with Crippen molar-refractivity contribution in [1.82, 2.24) is 9.97 Å². The molecular formula is C10H15ClN2O2S. The molecule has 0 aliphatic heterocycles. The Morgan fingerprint density at radius 3 is 2.62 bits per heavy atom. The molecule has 1 aromatic heterocycles. The van der Waals surface area contributed by atoms with Gasteiger partial charge in [0.15, 0.2) is 14.9 Å². The number of rotatable bonds is 5. The fourth-order valence-corrected chi connectivity index (χ4v) is 2.90. The van der Waals surface area contributed by atoms with Crippen LogP contribution in [0.1, 0.15) is 24.9 Å². The number of alkyl halides is 1. The van der Waals surface area contributed by atoms with Gasteiger partial charge in [-0.25, -0.2) is 18.4 Å². The van der Waals surface area contributed by atoms with Crippen LogP contribution in [0.4, 0.5) is 0 Å². The summed E-state index contributed by atoms with van der Waals surface area (Å²) in [5, 5.41) is 0.113. The molecule has 0 atom stereocenters. The normalized spacial score (nSPS) is 11.7. The number of hydrogen-bond donors (Lipinski definition) is 0. The number of sulfone groups is 1. The molecule has 4 nitrogen and oxygen atoms in total. The molecule has 90 valence electrons. The molecule has 0 saturated heterocycles. The number of nitrogens with zero attached hydrogens (tertiary/aromatic N) is 2.